The van der Waals surface area contributed by atoms with Gasteiger partial charge < -0.3 is 133 Å². The summed E-state index contributed by atoms with van der Waals surface area (Å²) >= 11 is 0. The van der Waals surface area contributed by atoms with E-state index in [1.165, 1.54) is 17.8 Å². The monoisotopic (exact) mass is 1390 g/mol. The maximum Gasteiger partial charge on any atom is 0.0563 e. The van der Waals surface area contributed by atoms with Crippen molar-refractivity contribution in [1.82, 2.24) is 0 Å². The van der Waals surface area contributed by atoms with E-state index in [1.807, 2.05) is 60.8 Å². The van der Waals surface area contributed by atoms with Crippen LogP contribution in [0.5, 0.6) is 0 Å². The molecule has 72 heavy (non-hydrogen) atoms. The van der Waals surface area contributed by atoms with E-state index in [0.717, 1.165) is 0 Å². The first-order chi connectivity index (χ1) is 21.4. The second-order valence-electron chi connectivity index (χ2n) is 19.3. The molecule has 0 amide bonds. The van der Waals surface area contributed by atoms with Crippen LogP contribution in [0.2, 0.25) is 0 Å². The summed E-state index contributed by atoms with van der Waals surface area (Å²) in [7, 11) is 0. The van der Waals surface area contributed by atoms with Gasteiger partial charge in [0.25, 0.3) is 0 Å². The minimum Gasteiger partial charge on any atom is -0.412 e. The summed E-state index contributed by atoms with van der Waals surface area (Å²) in [5, 5.41) is 51.1. The molecule has 0 radical (unpaired) electrons. The second kappa shape index (κ2) is 152. The molecule has 0 rings (SSSR count). The fourth-order valence-corrected chi connectivity index (χ4v) is 0. The van der Waals surface area contributed by atoms with Crippen LogP contribution in [0, 0.1) is 37.0 Å². The van der Waals surface area contributed by atoms with E-state index in [2.05, 4.69) is 62.3 Å². The minimum absolute atomic E-state index is 0. The molecule has 0 aliphatic carbocycles. The van der Waals surface area contributed by atoms with Crippen LogP contribution in [0.15, 0.2) is 0 Å². The zero-order chi connectivity index (χ0) is 45.9. The first-order valence-corrected chi connectivity index (χ1v) is 18.3. The van der Waals surface area contributed by atoms with E-state index in [4.69, 9.17) is 30.6 Å². The van der Waals surface area contributed by atoms with Crippen LogP contribution in [0.4, 0.5) is 0 Å². The molecule has 0 heterocycles. The molecule has 0 saturated carbocycles. The van der Waals surface area contributed by atoms with E-state index in [1.54, 1.807) is 125 Å². The second-order valence-corrected chi connectivity index (χ2v) is 19.3. The Morgan fingerprint density at radius 1 is 0.194 bits per heavy atom. The summed E-state index contributed by atoms with van der Waals surface area (Å²) in [5.74, 6) is 4.25. The van der Waals surface area contributed by atoms with E-state index in [-0.39, 0.29) is 261 Å². The zero-order valence-corrected chi connectivity index (χ0v) is 66.5. The van der Waals surface area contributed by atoms with Crippen molar-refractivity contribution in [1.29, 1.82) is 0 Å². The number of hydrogen-bond acceptors (Lipinski definition) is 6. The average molecular weight is 1390 g/mol. The van der Waals surface area contributed by atoms with E-state index in [9.17, 15) is 0 Å². The molecular weight excluding hydrogens is 1260 g/mol. The molecule has 0 unspecified atom stereocenters. The van der Waals surface area contributed by atoms with Gasteiger partial charge >= 0.3 is 0 Å². The van der Waals surface area contributed by atoms with Crippen LogP contribution >= 0.6 is 0 Å². The summed E-state index contributed by atoms with van der Waals surface area (Å²) in [6.07, 6.45) is 6.00. The zero-order valence-electron chi connectivity index (χ0n) is 52.4. The van der Waals surface area contributed by atoms with Gasteiger partial charge in [0.05, 0.1) is 33.6 Å². The Morgan fingerprint density at radius 2 is 0.194 bits per heavy atom. The van der Waals surface area contributed by atoms with Gasteiger partial charge in [0.2, 0.25) is 0 Å². The molecular formula is C45H132O18Ti9-6. The van der Waals surface area contributed by atoms with Crippen molar-refractivity contribution < 1.29 is 292 Å². The van der Waals surface area contributed by atoms with E-state index >= 15 is 0 Å². The third-order valence-corrected chi connectivity index (χ3v) is 0. The largest absolute Gasteiger partial charge is 0.412 e. The third kappa shape index (κ3) is 13000. The molecule has 18 nitrogen and oxygen atoms in total. The Kier molecular flexibility index (Phi) is 484. The van der Waals surface area contributed by atoms with Gasteiger partial charge in [-0.3, -0.25) is 0 Å². The van der Waals surface area contributed by atoms with Gasteiger partial charge in [-0.05, 0) is 125 Å². The van der Waals surface area contributed by atoms with Crippen LogP contribution in [0.3, 0.4) is 0 Å². The molecule has 0 aromatic heterocycles. The van der Waals surface area contributed by atoms with Crippen LogP contribution in [0.25, 0.3) is 0 Å². The number of hydrogen-bond donors (Lipinski definition) is 6. The number of aliphatic hydroxyl groups is 6. The molecule has 0 aliphatic rings. The summed E-state index contributed by atoms with van der Waals surface area (Å²) < 4.78 is 0. The quantitative estimate of drug-likeness (QED) is 0.156. The van der Waals surface area contributed by atoms with Crippen molar-refractivity contribution in [3.8, 4) is 0 Å². The van der Waals surface area contributed by atoms with Crippen molar-refractivity contribution in [2.24, 2.45) is 0 Å². The van der Waals surface area contributed by atoms with Crippen molar-refractivity contribution >= 4 is 0 Å². The predicted octanol–water partition coefficient (Wildman–Crippen LogP) is 3.30. The van der Waals surface area contributed by atoms with Gasteiger partial charge in [-0.15, -0.1) is 0 Å². The molecule has 0 aliphatic heterocycles. The van der Waals surface area contributed by atoms with Crippen LogP contribution in [-0.2, 0) is 195 Å². The Bertz CT molecular complexity index is 410. The van der Waals surface area contributed by atoms with Crippen molar-refractivity contribution in [3.63, 3.8) is 0 Å². The SMILES string of the molecule is CC(C)(C)O.CC(C)(C)O.CC(C)(C)O.CC(C)(C)O.CC(C)(C)O.CC(C)(C)O.C[C-](C)C.C[C-](C)C.C[C-](C)C.C[CH-]C.C[CH-]C.C[CH-]C.O.O.O.O.O.O.O.O.O.O.O.O.[Ti].[Ti].[Ti].[Ti].[Ti].[Ti].[Ti].[Ti].[Ti]. The maximum atomic E-state index is 8.52. The molecule has 0 spiro atoms. The van der Waals surface area contributed by atoms with Gasteiger partial charge in [-0.1, -0.05) is 0 Å². The van der Waals surface area contributed by atoms with Gasteiger partial charge in [0.1, 0.15) is 0 Å². The maximum absolute atomic E-state index is 8.52. The van der Waals surface area contributed by atoms with Crippen molar-refractivity contribution in [2.45, 2.75) is 262 Å². The Hall–Kier alpha value is 5.71. The van der Waals surface area contributed by atoms with Crippen LogP contribution in [0.1, 0.15) is 228 Å². The van der Waals surface area contributed by atoms with Gasteiger partial charge in [-0.2, -0.15) is 104 Å². The molecule has 30 N–H and O–H groups in total. The topological polar surface area (TPSA) is 499 Å². The minimum atomic E-state index is -0.500. The van der Waals surface area contributed by atoms with Crippen LogP contribution < -0.4 is 0 Å². The standard InChI is InChI=1S/6C4H10O.3C4H9.3C3H7.12H2O.9Ti/c6*1-4(2,3)5;3*1-4(2)3;3*1-3-2;;;;;;;;;;;;;;;;;;;;;/h6*5H,1-3H3;3*1-3H3;3*3H,1-2H3;12*1H2;;;;;;;;;/q;;;;;;6*-1;;;;;;;;;;;;;;;;;;;;;. The summed E-state index contributed by atoms with van der Waals surface area (Å²) in [5.41, 5.74) is -3.00. The summed E-state index contributed by atoms with van der Waals surface area (Å²) in [6.45, 7) is 62.1. The fourth-order valence-electron chi connectivity index (χ4n) is 0. The molecule has 0 aromatic rings. The van der Waals surface area contributed by atoms with Crippen LogP contribution in [-0.4, -0.2) is 130 Å². The van der Waals surface area contributed by atoms with E-state index in [0.29, 0.717) is 0 Å². The summed E-state index contributed by atoms with van der Waals surface area (Å²) in [4.78, 5) is 0. The van der Waals surface area contributed by atoms with Gasteiger partial charge in [0.15, 0.2) is 0 Å². The molecule has 27 heteroatoms. The van der Waals surface area contributed by atoms with Crippen molar-refractivity contribution in [3.05, 3.63) is 37.0 Å². The molecule has 0 aromatic carbocycles. The van der Waals surface area contributed by atoms with Crippen molar-refractivity contribution in [2.75, 3.05) is 0 Å². The summed E-state index contributed by atoms with van der Waals surface area (Å²) in [6, 6.07) is 0. The normalized spacial score (nSPS) is 7.25. The van der Waals surface area contributed by atoms with E-state index < -0.39 is 33.6 Å². The molecule has 462 valence electrons. The molecule has 0 fully saturated rings. The predicted molar refractivity (Wildman–Crippen MR) is 283 cm³/mol. The average Bonchev–Trinajstić information content (AvgIpc) is 2.59. The first kappa shape index (κ1) is 229. The number of rotatable bonds is 0. The molecule has 0 atom stereocenters. The Morgan fingerprint density at radius 3 is 0.194 bits per heavy atom. The Labute approximate surface area is 583 Å². The smallest absolute Gasteiger partial charge is 0.0563 e. The third-order valence-electron chi connectivity index (χ3n) is 0. The molecule has 0 saturated heterocycles. The van der Waals surface area contributed by atoms with Gasteiger partial charge in [-0.25, -0.2) is 0 Å². The first-order valence-electron chi connectivity index (χ1n) is 18.3. The fraction of sp³-hybridized carbons (Fsp3) is 0.867. The molecule has 0 bridgehead atoms. The Balaban J connectivity index is -0.00000000727. The van der Waals surface area contributed by atoms with Gasteiger partial charge in [0, 0.05) is 195 Å².